The first kappa shape index (κ1) is 30.3. The van der Waals surface area contributed by atoms with Gasteiger partial charge >= 0.3 is 16.3 Å². The number of hydrogen-bond donors (Lipinski definition) is 4. The van der Waals surface area contributed by atoms with E-state index >= 15 is 0 Å². The minimum atomic E-state index is -4.07. The molecule has 4 N–H and O–H groups in total. The molecule has 2 aliphatic carbocycles. The van der Waals surface area contributed by atoms with Crippen molar-refractivity contribution in [3.05, 3.63) is 12.2 Å². The van der Waals surface area contributed by atoms with E-state index in [2.05, 4.69) is 20.1 Å². The van der Waals surface area contributed by atoms with Gasteiger partial charge in [0, 0.05) is 18.5 Å². The molecule has 0 unspecified atom stereocenters. The van der Waals surface area contributed by atoms with Crippen molar-refractivity contribution >= 4 is 34.0 Å². The van der Waals surface area contributed by atoms with Crippen LogP contribution in [-0.2, 0) is 29.3 Å². The van der Waals surface area contributed by atoms with E-state index in [4.69, 9.17) is 4.74 Å². The van der Waals surface area contributed by atoms with Gasteiger partial charge in [0.15, 0.2) is 0 Å². The van der Waals surface area contributed by atoms with E-state index in [0.29, 0.717) is 25.8 Å². The van der Waals surface area contributed by atoms with Gasteiger partial charge in [-0.1, -0.05) is 31.9 Å². The summed E-state index contributed by atoms with van der Waals surface area (Å²) in [7, 11) is -4.07. The number of carbonyl (C=O) groups is 4. The Morgan fingerprint density at radius 3 is 2.52 bits per heavy atom. The molecule has 0 aromatic heterocycles. The van der Waals surface area contributed by atoms with Crippen molar-refractivity contribution in [3.8, 4) is 0 Å². The number of rotatable bonds is 5. The van der Waals surface area contributed by atoms with Gasteiger partial charge in [0.1, 0.15) is 23.2 Å². The number of nitrogens with one attached hydrogen (secondary N) is 4. The smallest absolute Gasteiger partial charge is 0.408 e. The lowest BCUT2D eigenvalue weighted by Crippen LogP contribution is -2.59. The normalized spacial score (nSPS) is 32.5. The third kappa shape index (κ3) is 7.74. The number of alkyl carbamates (subject to hydrolysis) is 1. The van der Waals surface area contributed by atoms with Crippen LogP contribution in [0.1, 0.15) is 85.5 Å². The van der Waals surface area contributed by atoms with Crippen molar-refractivity contribution in [2.45, 2.75) is 115 Å². The van der Waals surface area contributed by atoms with Crippen LogP contribution in [0.4, 0.5) is 4.79 Å². The van der Waals surface area contributed by atoms with Gasteiger partial charge < -0.3 is 20.3 Å². The summed E-state index contributed by atoms with van der Waals surface area (Å²) >= 11 is 0. The van der Waals surface area contributed by atoms with Crippen LogP contribution in [-0.4, -0.2) is 72.9 Å². The fourth-order valence-electron chi connectivity index (χ4n) is 5.44. The molecule has 2 heterocycles. The van der Waals surface area contributed by atoms with Gasteiger partial charge in [0.05, 0.1) is 0 Å². The van der Waals surface area contributed by atoms with Crippen molar-refractivity contribution in [2.24, 2.45) is 11.8 Å². The minimum absolute atomic E-state index is 0.0172. The summed E-state index contributed by atoms with van der Waals surface area (Å²) in [6.07, 6.45) is 8.70. The molecule has 0 bridgehead atoms. The van der Waals surface area contributed by atoms with Crippen LogP contribution in [0.15, 0.2) is 12.2 Å². The highest BCUT2D eigenvalue weighted by Gasteiger charge is 2.61. The van der Waals surface area contributed by atoms with E-state index in [0.717, 1.165) is 32.1 Å². The third-order valence-corrected chi connectivity index (χ3v) is 8.81. The first-order valence-corrected chi connectivity index (χ1v) is 15.8. The van der Waals surface area contributed by atoms with Crippen LogP contribution < -0.4 is 20.1 Å². The van der Waals surface area contributed by atoms with E-state index in [1.54, 1.807) is 20.8 Å². The Balaban J connectivity index is 1.55. The molecule has 4 rings (SSSR count). The van der Waals surface area contributed by atoms with Crippen molar-refractivity contribution in [3.63, 3.8) is 0 Å². The summed E-state index contributed by atoms with van der Waals surface area (Å²) < 4.78 is 34.9. The Morgan fingerprint density at radius 1 is 1.12 bits per heavy atom. The molecule has 12 nitrogen and oxygen atoms in total. The van der Waals surface area contributed by atoms with Gasteiger partial charge in [0.25, 0.3) is 5.91 Å². The maximum Gasteiger partial charge on any atom is 0.408 e. The predicted molar refractivity (Wildman–Crippen MR) is 147 cm³/mol. The van der Waals surface area contributed by atoms with Gasteiger partial charge in [0.2, 0.25) is 11.8 Å². The number of ether oxygens (including phenoxy) is 1. The molecular formula is C27H43N5O7S. The lowest BCUT2D eigenvalue weighted by molar-refractivity contribution is -0.141. The molecule has 0 aromatic rings. The Morgan fingerprint density at radius 2 is 1.85 bits per heavy atom. The van der Waals surface area contributed by atoms with Gasteiger partial charge in [-0.15, -0.1) is 0 Å². The molecule has 4 amide bonds. The van der Waals surface area contributed by atoms with Crippen LogP contribution in [0.2, 0.25) is 0 Å². The zero-order valence-corrected chi connectivity index (χ0v) is 24.6. The quantitative estimate of drug-likeness (QED) is 0.359. The number of carbonyl (C=O) groups excluding carboxylic acids is 4. The molecule has 2 aliphatic heterocycles. The number of allylic oxidation sites excluding steroid dienone is 1. The van der Waals surface area contributed by atoms with E-state index < -0.39 is 51.3 Å². The monoisotopic (exact) mass is 581 g/mol. The maximum absolute atomic E-state index is 13.8. The molecule has 1 saturated heterocycles. The fourth-order valence-corrected chi connectivity index (χ4v) is 6.60. The van der Waals surface area contributed by atoms with E-state index in [-0.39, 0.29) is 30.2 Å². The average Bonchev–Trinajstić information content (AvgIpc) is 3.73. The summed E-state index contributed by atoms with van der Waals surface area (Å²) in [5.41, 5.74) is -2.15. The molecule has 40 heavy (non-hydrogen) atoms. The summed E-state index contributed by atoms with van der Waals surface area (Å²) in [4.78, 5) is 54.8. The first-order valence-electron chi connectivity index (χ1n) is 14.3. The van der Waals surface area contributed by atoms with Crippen molar-refractivity contribution < 1.29 is 32.3 Å². The standard InChI is InChI=1S/C27H43N5O7S/c1-17-14-21-22(33)29-27(24(35)31-40(37,38)30-19-12-13-19)15-18(27)10-8-6-5-7-9-11-20(23(34)32(21)16-17)28-25(36)39-26(2,3)4/h8,10,17-21,30H,5-7,9,11-16H2,1-4H3,(H,28,36)(H,29,33)(H,31,35)/b10-8-/t17-,18-,20+,21+,27-/m1/s1. The second kappa shape index (κ2) is 11.7. The van der Waals surface area contributed by atoms with Crippen LogP contribution in [0.25, 0.3) is 0 Å². The molecule has 3 fully saturated rings. The zero-order valence-electron chi connectivity index (χ0n) is 23.8. The number of fused-ring (bicyclic) bond motifs is 2. The SMILES string of the molecule is C[C@@H]1C[C@H]2C(=O)N[C@]3(C(=O)NS(=O)(=O)NC4CC4)C[C@H]3/C=C\CCCCC[C@H](NC(=O)OC(C)(C)C)C(=O)N2C1. The van der Waals surface area contributed by atoms with E-state index in [9.17, 15) is 27.6 Å². The molecule has 224 valence electrons. The third-order valence-electron chi connectivity index (χ3n) is 7.71. The maximum atomic E-state index is 13.8. The highest BCUT2D eigenvalue weighted by Crippen LogP contribution is 2.45. The lowest BCUT2D eigenvalue weighted by Gasteiger charge is -2.30. The Hall–Kier alpha value is -2.67. The van der Waals surface area contributed by atoms with Crippen molar-refractivity contribution in [1.82, 2.24) is 25.0 Å². The van der Waals surface area contributed by atoms with Crippen LogP contribution in [0, 0.1) is 11.8 Å². The molecule has 2 saturated carbocycles. The first-order chi connectivity index (χ1) is 18.7. The number of nitrogens with zero attached hydrogens (tertiary/aromatic N) is 1. The van der Waals surface area contributed by atoms with Gasteiger partial charge in [-0.2, -0.15) is 13.1 Å². The van der Waals surface area contributed by atoms with Crippen LogP contribution in [0.3, 0.4) is 0 Å². The highest BCUT2D eigenvalue weighted by atomic mass is 32.2. The molecule has 0 radical (unpaired) electrons. The summed E-state index contributed by atoms with van der Waals surface area (Å²) in [5, 5.41) is 5.54. The summed E-state index contributed by atoms with van der Waals surface area (Å²) in [6, 6.07) is -1.89. The number of amides is 4. The Bertz CT molecular complexity index is 1150. The Labute approximate surface area is 236 Å². The topological polar surface area (TPSA) is 163 Å². The predicted octanol–water partition coefficient (Wildman–Crippen LogP) is 1.62. The second-order valence-electron chi connectivity index (χ2n) is 12.7. The van der Waals surface area contributed by atoms with Gasteiger partial charge in [-0.25, -0.2) is 9.52 Å². The van der Waals surface area contributed by atoms with E-state index in [1.807, 2.05) is 19.1 Å². The van der Waals surface area contributed by atoms with E-state index in [1.165, 1.54) is 4.90 Å². The lowest BCUT2D eigenvalue weighted by atomic mass is 10.0. The Kier molecular flexibility index (Phi) is 8.84. The van der Waals surface area contributed by atoms with Gasteiger partial charge in [-0.05, 0) is 71.6 Å². The largest absolute Gasteiger partial charge is 0.444 e. The van der Waals surface area contributed by atoms with Gasteiger partial charge in [-0.3, -0.25) is 14.4 Å². The molecule has 0 spiro atoms. The minimum Gasteiger partial charge on any atom is -0.444 e. The average molecular weight is 582 g/mol. The molecule has 0 aromatic carbocycles. The zero-order chi connectivity index (χ0) is 29.3. The van der Waals surface area contributed by atoms with Crippen LogP contribution >= 0.6 is 0 Å². The summed E-state index contributed by atoms with van der Waals surface area (Å²) in [6.45, 7) is 7.48. The molecule has 4 aliphatic rings. The van der Waals surface area contributed by atoms with Crippen molar-refractivity contribution in [2.75, 3.05) is 6.54 Å². The second-order valence-corrected chi connectivity index (χ2v) is 14.2. The number of hydrogen-bond acceptors (Lipinski definition) is 7. The fraction of sp³-hybridized carbons (Fsp3) is 0.778. The molecule has 13 heteroatoms. The molecular weight excluding hydrogens is 538 g/mol. The molecule has 5 atom stereocenters. The summed E-state index contributed by atoms with van der Waals surface area (Å²) in [5.74, 6) is -2.01. The highest BCUT2D eigenvalue weighted by molar-refractivity contribution is 7.88. The van der Waals surface area contributed by atoms with Crippen molar-refractivity contribution in [1.29, 1.82) is 0 Å². The van der Waals surface area contributed by atoms with Crippen LogP contribution in [0.5, 0.6) is 0 Å².